The fraction of sp³-hybridized carbons (Fsp3) is 0.583. The Morgan fingerprint density at radius 2 is 2.30 bits per heavy atom. The molecule has 2 saturated heterocycles. The first-order chi connectivity index (χ1) is 9.74. The number of amides is 2. The van der Waals surface area contributed by atoms with Crippen LogP contribution in [0.4, 0.5) is 16.4 Å². The molecule has 2 aliphatic heterocycles. The van der Waals surface area contributed by atoms with Crippen LogP contribution in [0.1, 0.15) is 0 Å². The molecule has 3 rings (SSSR count). The van der Waals surface area contributed by atoms with E-state index in [2.05, 4.69) is 25.5 Å². The summed E-state index contributed by atoms with van der Waals surface area (Å²) >= 11 is 0. The van der Waals surface area contributed by atoms with E-state index in [4.69, 9.17) is 4.74 Å². The molecule has 1 aromatic heterocycles. The van der Waals surface area contributed by atoms with E-state index in [1.165, 1.54) is 6.33 Å². The van der Waals surface area contributed by atoms with Gasteiger partial charge in [-0.15, -0.1) is 0 Å². The van der Waals surface area contributed by atoms with Crippen LogP contribution in [-0.2, 0) is 0 Å². The number of carbonyl (C=O) groups excluding carboxylic acids is 1. The number of carbonyl (C=O) groups is 1. The molecule has 0 aromatic carbocycles. The van der Waals surface area contributed by atoms with Crippen LogP contribution in [0, 0.1) is 0 Å². The highest BCUT2D eigenvalue weighted by Gasteiger charge is 2.36. The fourth-order valence-electron chi connectivity index (χ4n) is 2.75. The molecular weight excluding hydrogens is 260 g/mol. The number of hydrogen-bond donors (Lipinski definition) is 2. The summed E-state index contributed by atoms with van der Waals surface area (Å²) in [4.78, 5) is 24.1. The Kier molecular flexibility index (Phi) is 3.21. The number of anilines is 2. The maximum Gasteiger partial charge on any atom is 0.317 e. The average Bonchev–Trinajstić information content (AvgIpc) is 2.87. The first-order valence-electron chi connectivity index (χ1n) is 6.60. The topological polar surface area (TPSA) is 82.6 Å². The SMILES string of the molecule is CNc1ncnc(N2CCN3C(=O)NCC3C2)c1OC. The Bertz CT molecular complexity index is 523. The first kappa shape index (κ1) is 12.8. The van der Waals surface area contributed by atoms with E-state index in [0.29, 0.717) is 24.7 Å². The van der Waals surface area contributed by atoms with Crippen LogP contribution >= 0.6 is 0 Å². The van der Waals surface area contributed by atoms with Crippen LogP contribution in [-0.4, -0.2) is 67.3 Å². The van der Waals surface area contributed by atoms with E-state index in [1.807, 2.05) is 4.90 Å². The van der Waals surface area contributed by atoms with Crippen LogP contribution in [0.3, 0.4) is 0 Å². The van der Waals surface area contributed by atoms with Gasteiger partial charge in [0.15, 0.2) is 11.6 Å². The van der Waals surface area contributed by atoms with E-state index in [9.17, 15) is 4.79 Å². The van der Waals surface area contributed by atoms with Crippen molar-refractivity contribution < 1.29 is 9.53 Å². The summed E-state index contributed by atoms with van der Waals surface area (Å²) in [6, 6.07) is 0.217. The van der Waals surface area contributed by atoms with Gasteiger partial charge in [0.05, 0.1) is 13.2 Å². The molecule has 2 aliphatic rings. The summed E-state index contributed by atoms with van der Waals surface area (Å²) in [5.41, 5.74) is 0. The molecule has 0 spiro atoms. The van der Waals surface area contributed by atoms with Crippen molar-refractivity contribution in [3.63, 3.8) is 0 Å². The predicted octanol–water partition coefficient (Wildman–Crippen LogP) is -0.259. The zero-order valence-electron chi connectivity index (χ0n) is 11.6. The lowest BCUT2D eigenvalue weighted by Gasteiger charge is -2.37. The zero-order chi connectivity index (χ0) is 14.1. The number of ether oxygens (including phenoxy) is 1. The minimum absolute atomic E-state index is 0.0280. The van der Waals surface area contributed by atoms with E-state index in [0.717, 1.165) is 18.9 Å². The van der Waals surface area contributed by atoms with Crippen LogP contribution in [0.2, 0.25) is 0 Å². The Morgan fingerprint density at radius 1 is 1.45 bits per heavy atom. The van der Waals surface area contributed by atoms with Gasteiger partial charge in [-0.25, -0.2) is 14.8 Å². The summed E-state index contributed by atoms with van der Waals surface area (Å²) in [7, 11) is 3.41. The highest BCUT2D eigenvalue weighted by atomic mass is 16.5. The normalized spacial score (nSPS) is 21.5. The predicted molar refractivity (Wildman–Crippen MR) is 74.2 cm³/mol. The molecule has 1 unspecified atom stereocenters. The van der Waals surface area contributed by atoms with E-state index in [-0.39, 0.29) is 12.1 Å². The highest BCUT2D eigenvalue weighted by Crippen LogP contribution is 2.33. The van der Waals surface area contributed by atoms with Crippen molar-refractivity contribution in [2.24, 2.45) is 0 Å². The Balaban J connectivity index is 1.85. The van der Waals surface area contributed by atoms with Crippen LogP contribution in [0.5, 0.6) is 5.75 Å². The average molecular weight is 278 g/mol. The number of aromatic nitrogens is 2. The van der Waals surface area contributed by atoms with Gasteiger partial charge >= 0.3 is 6.03 Å². The molecule has 108 valence electrons. The monoisotopic (exact) mass is 278 g/mol. The maximum absolute atomic E-state index is 11.6. The van der Waals surface area contributed by atoms with Crippen LogP contribution in [0.25, 0.3) is 0 Å². The third kappa shape index (κ3) is 1.97. The lowest BCUT2D eigenvalue weighted by atomic mass is 10.2. The van der Waals surface area contributed by atoms with Crippen molar-refractivity contribution in [2.45, 2.75) is 6.04 Å². The van der Waals surface area contributed by atoms with Crippen molar-refractivity contribution in [1.29, 1.82) is 0 Å². The summed E-state index contributed by atoms with van der Waals surface area (Å²) < 4.78 is 5.43. The Labute approximate surface area is 117 Å². The van der Waals surface area contributed by atoms with Gasteiger partial charge in [0.2, 0.25) is 5.75 Å². The number of fused-ring (bicyclic) bond motifs is 1. The van der Waals surface area contributed by atoms with Gasteiger partial charge in [-0.1, -0.05) is 0 Å². The molecule has 8 nitrogen and oxygen atoms in total. The Morgan fingerprint density at radius 3 is 3.05 bits per heavy atom. The third-order valence-electron chi connectivity index (χ3n) is 3.76. The van der Waals surface area contributed by atoms with E-state index in [1.54, 1.807) is 14.2 Å². The fourth-order valence-corrected chi connectivity index (χ4v) is 2.75. The Hall–Kier alpha value is -2.25. The van der Waals surface area contributed by atoms with Crippen molar-refractivity contribution in [3.05, 3.63) is 6.33 Å². The lowest BCUT2D eigenvalue weighted by molar-refractivity contribution is 0.197. The zero-order valence-corrected chi connectivity index (χ0v) is 11.6. The first-order valence-corrected chi connectivity index (χ1v) is 6.60. The molecular formula is C12H18N6O2. The van der Waals surface area contributed by atoms with Gasteiger partial charge in [-0.2, -0.15) is 0 Å². The molecule has 20 heavy (non-hydrogen) atoms. The number of urea groups is 1. The number of rotatable bonds is 3. The highest BCUT2D eigenvalue weighted by molar-refractivity contribution is 5.77. The molecule has 0 saturated carbocycles. The van der Waals surface area contributed by atoms with Gasteiger partial charge < -0.3 is 25.2 Å². The number of nitrogens with one attached hydrogen (secondary N) is 2. The van der Waals surface area contributed by atoms with Gasteiger partial charge in [0.1, 0.15) is 6.33 Å². The summed E-state index contributed by atoms with van der Waals surface area (Å²) in [6.07, 6.45) is 1.52. The molecule has 8 heteroatoms. The summed E-state index contributed by atoms with van der Waals surface area (Å²) in [6.45, 7) is 2.86. The van der Waals surface area contributed by atoms with Crippen molar-refractivity contribution in [1.82, 2.24) is 20.2 Å². The molecule has 2 N–H and O–H groups in total. The lowest BCUT2D eigenvalue weighted by Crippen LogP contribution is -2.52. The quantitative estimate of drug-likeness (QED) is 0.793. The minimum atomic E-state index is 0.0280. The molecule has 1 aromatic rings. The van der Waals surface area contributed by atoms with Crippen molar-refractivity contribution in [3.8, 4) is 5.75 Å². The number of piperazine rings is 1. The minimum Gasteiger partial charge on any atom is -0.490 e. The van der Waals surface area contributed by atoms with E-state index >= 15 is 0 Å². The third-order valence-corrected chi connectivity index (χ3v) is 3.76. The molecule has 0 radical (unpaired) electrons. The van der Waals surface area contributed by atoms with Gasteiger partial charge in [-0.05, 0) is 0 Å². The second kappa shape index (κ2) is 5.03. The van der Waals surface area contributed by atoms with Gasteiger partial charge in [0, 0.05) is 33.2 Å². The smallest absolute Gasteiger partial charge is 0.317 e. The van der Waals surface area contributed by atoms with Crippen molar-refractivity contribution >= 4 is 17.7 Å². The van der Waals surface area contributed by atoms with Crippen LogP contribution in [0.15, 0.2) is 6.33 Å². The molecule has 0 aliphatic carbocycles. The van der Waals surface area contributed by atoms with E-state index < -0.39 is 0 Å². The molecule has 2 amide bonds. The molecule has 2 fully saturated rings. The number of nitrogens with zero attached hydrogens (tertiary/aromatic N) is 4. The number of hydrogen-bond acceptors (Lipinski definition) is 6. The summed E-state index contributed by atoms with van der Waals surface area (Å²) in [5, 5.41) is 5.87. The standard InChI is InChI=1S/C12H18N6O2/c1-13-10-9(20-2)11(16-7-15-10)17-3-4-18-8(6-17)5-14-12(18)19/h7-8H,3-6H2,1-2H3,(H,14,19)(H,13,15,16). The largest absolute Gasteiger partial charge is 0.490 e. The van der Waals surface area contributed by atoms with Crippen LogP contribution < -0.4 is 20.3 Å². The molecule has 3 heterocycles. The second-order valence-corrected chi connectivity index (χ2v) is 4.81. The molecule has 0 bridgehead atoms. The van der Waals surface area contributed by atoms with Gasteiger partial charge in [0.25, 0.3) is 0 Å². The summed E-state index contributed by atoms with van der Waals surface area (Å²) in [5.74, 6) is 2.08. The second-order valence-electron chi connectivity index (χ2n) is 4.81. The molecule has 1 atom stereocenters. The maximum atomic E-state index is 11.6. The van der Waals surface area contributed by atoms with Crippen molar-refractivity contribution in [2.75, 3.05) is 50.6 Å². The van der Waals surface area contributed by atoms with Gasteiger partial charge in [-0.3, -0.25) is 0 Å². The number of methoxy groups -OCH3 is 1.